The fourth-order valence-corrected chi connectivity index (χ4v) is 3.81. The fraction of sp³-hybridized carbons (Fsp3) is 0.500. The molecule has 1 aliphatic heterocycles. The Morgan fingerprint density at radius 3 is 2.56 bits per heavy atom. The lowest BCUT2D eigenvalue weighted by Gasteiger charge is -2.31. The molecule has 4 heteroatoms. The van der Waals surface area contributed by atoms with Crippen molar-refractivity contribution in [2.24, 2.45) is 0 Å². The third kappa shape index (κ3) is 2.37. The van der Waals surface area contributed by atoms with Gasteiger partial charge in [-0.05, 0) is 12.1 Å². The van der Waals surface area contributed by atoms with Crippen LogP contribution >= 0.6 is 8.45 Å². The highest BCUT2D eigenvalue weighted by atomic mass is 31.2. The van der Waals surface area contributed by atoms with Gasteiger partial charge < -0.3 is 9.19 Å². The lowest BCUT2D eigenvalue weighted by Crippen LogP contribution is -2.25. The predicted octanol–water partition coefficient (Wildman–Crippen LogP) is 3.09. The first-order valence-corrected chi connectivity index (χ1v) is 7.03. The van der Waals surface area contributed by atoms with Crippen molar-refractivity contribution in [2.45, 2.75) is 13.8 Å². The van der Waals surface area contributed by atoms with Crippen molar-refractivity contribution in [1.82, 2.24) is 4.67 Å². The van der Waals surface area contributed by atoms with Crippen molar-refractivity contribution in [2.75, 3.05) is 30.9 Å². The third-order valence-corrected chi connectivity index (χ3v) is 5.05. The van der Waals surface area contributed by atoms with E-state index in [0.29, 0.717) is 0 Å². The van der Waals surface area contributed by atoms with Crippen molar-refractivity contribution in [3.63, 3.8) is 0 Å². The molecule has 88 valence electrons. The van der Waals surface area contributed by atoms with Gasteiger partial charge >= 0.3 is 0 Å². The van der Waals surface area contributed by atoms with Crippen molar-refractivity contribution in [3.8, 4) is 0 Å². The first kappa shape index (κ1) is 11.8. The quantitative estimate of drug-likeness (QED) is 0.750. The smallest absolute Gasteiger partial charge is 0.218 e. The summed E-state index contributed by atoms with van der Waals surface area (Å²) >= 11 is 0. The molecule has 1 aromatic carbocycles. The van der Waals surface area contributed by atoms with Crippen molar-refractivity contribution >= 4 is 14.1 Å². The third-order valence-electron chi connectivity index (χ3n) is 2.74. The zero-order chi connectivity index (χ0) is 11.4. The molecule has 16 heavy (non-hydrogen) atoms. The van der Waals surface area contributed by atoms with Gasteiger partial charge in [0.1, 0.15) is 0 Å². The van der Waals surface area contributed by atoms with Gasteiger partial charge in [-0.3, -0.25) is 0 Å². The van der Waals surface area contributed by atoms with Crippen LogP contribution in [0.5, 0.6) is 0 Å². The molecular weight excluding hydrogens is 219 g/mol. The Labute approximate surface area is 98.9 Å². The van der Waals surface area contributed by atoms with Crippen LogP contribution in [0.4, 0.5) is 5.69 Å². The van der Waals surface area contributed by atoms with Gasteiger partial charge in [-0.15, -0.1) is 0 Å². The molecule has 1 aromatic rings. The summed E-state index contributed by atoms with van der Waals surface area (Å²) < 4.78 is 10.7. The molecule has 0 N–H and O–H groups in total. The summed E-state index contributed by atoms with van der Waals surface area (Å²) in [7, 11) is -0.582. The molecule has 1 aliphatic rings. The fourth-order valence-electron chi connectivity index (χ4n) is 1.89. The number of nitrogens with zero attached hydrogens (tertiary/aromatic N) is 2. The molecule has 2 rings (SSSR count). The average molecular weight is 238 g/mol. The molecule has 0 amide bonds. The highest BCUT2D eigenvalue weighted by molar-refractivity contribution is 7.52. The van der Waals surface area contributed by atoms with E-state index in [1.807, 2.05) is 0 Å². The number of hydrogen-bond donors (Lipinski definition) is 0. The van der Waals surface area contributed by atoms with Crippen molar-refractivity contribution in [1.29, 1.82) is 0 Å². The van der Waals surface area contributed by atoms with Gasteiger partial charge in [0.2, 0.25) is 8.45 Å². The second-order valence-corrected chi connectivity index (χ2v) is 5.50. The summed E-state index contributed by atoms with van der Waals surface area (Å²) in [5, 5.41) is 0. The normalized spacial score (nSPS) is 20.7. The van der Waals surface area contributed by atoms with Crippen LogP contribution in [0, 0.1) is 0 Å². The lowest BCUT2D eigenvalue weighted by molar-refractivity contribution is 0.353. The zero-order valence-electron chi connectivity index (χ0n) is 9.97. The van der Waals surface area contributed by atoms with Crippen LogP contribution in [-0.4, -0.2) is 30.9 Å². The summed E-state index contributed by atoms with van der Waals surface area (Å²) in [6, 6.07) is 10.5. The largest absolute Gasteiger partial charge is 0.325 e. The zero-order valence-corrected chi connectivity index (χ0v) is 10.9. The molecule has 1 fully saturated rings. The van der Waals surface area contributed by atoms with Gasteiger partial charge in [-0.1, -0.05) is 32.0 Å². The monoisotopic (exact) mass is 238 g/mol. The van der Waals surface area contributed by atoms with E-state index in [2.05, 4.69) is 53.5 Å². The number of rotatable bonds is 4. The number of benzene rings is 1. The number of anilines is 1. The standard InChI is InChI=1S/C12H19N2OP/c1-3-13(4-2)16-14(10-11-15-16)12-8-6-5-7-9-12/h5-9H,3-4,10-11H2,1-2H3. The van der Waals surface area contributed by atoms with Gasteiger partial charge in [-0.25, -0.2) is 4.67 Å². The second kappa shape index (κ2) is 5.62. The molecular formula is C12H19N2OP. The molecule has 1 atom stereocenters. The molecule has 0 aliphatic carbocycles. The van der Waals surface area contributed by atoms with Crippen LogP contribution < -0.4 is 4.67 Å². The molecule has 0 aromatic heterocycles. The van der Waals surface area contributed by atoms with Crippen molar-refractivity contribution < 1.29 is 4.52 Å². The van der Waals surface area contributed by atoms with E-state index in [9.17, 15) is 0 Å². The molecule has 3 nitrogen and oxygen atoms in total. The molecule has 1 heterocycles. The minimum atomic E-state index is -0.582. The Hall–Kier alpha value is -0.630. The van der Waals surface area contributed by atoms with Crippen LogP contribution in [0.1, 0.15) is 13.8 Å². The first-order valence-electron chi connectivity index (χ1n) is 5.87. The highest BCUT2D eigenvalue weighted by Crippen LogP contribution is 2.50. The molecule has 1 saturated heterocycles. The lowest BCUT2D eigenvalue weighted by atomic mass is 10.3. The topological polar surface area (TPSA) is 15.7 Å². The summed E-state index contributed by atoms with van der Waals surface area (Å²) in [4.78, 5) is 0. The van der Waals surface area contributed by atoms with Gasteiger partial charge in [-0.2, -0.15) is 0 Å². The molecule has 0 saturated carbocycles. The molecule has 1 unspecified atom stereocenters. The molecule has 0 spiro atoms. The molecule has 0 radical (unpaired) electrons. The minimum Gasteiger partial charge on any atom is -0.325 e. The highest BCUT2D eigenvalue weighted by Gasteiger charge is 2.30. The Balaban J connectivity index is 2.15. The first-order chi connectivity index (χ1) is 7.86. The summed E-state index contributed by atoms with van der Waals surface area (Å²) in [6.07, 6.45) is 0. The van der Waals surface area contributed by atoms with Gasteiger partial charge in [0.05, 0.1) is 6.61 Å². The van der Waals surface area contributed by atoms with Crippen LogP contribution in [0.3, 0.4) is 0 Å². The minimum absolute atomic E-state index is 0.582. The van der Waals surface area contributed by atoms with E-state index in [4.69, 9.17) is 4.52 Å². The Morgan fingerprint density at radius 2 is 1.94 bits per heavy atom. The predicted molar refractivity (Wildman–Crippen MR) is 69.6 cm³/mol. The van der Waals surface area contributed by atoms with Crippen LogP contribution in [0.2, 0.25) is 0 Å². The maximum Gasteiger partial charge on any atom is 0.218 e. The average Bonchev–Trinajstić information content (AvgIpc) is 2.81. The second-order valence-electron chi connectivity index (χ2n) is 3.68. The van der Waals surface area contributed by atoms with Crippen LogP contribution in [0.15, 0.2) is 30.3 Å². The SMILES string of the molecule is CCN(CC)P1OCCN1c1ccccc1. The Bertz CT molecular complexity index is 316. The Kier molecular flexibility index (Phi) is 4.16. The van der Waals surface area contributed by atoms with E-state index < -0.39 is 8.45 Å². The van der Waals surface area contributed by atoms with Gasteiger partial charge in [0.15, 0.2) is 0 Å². The van der Waals surface area contributed by atoms with Crippen molar-refractivity contribution in [3.05, 3.63) is 30.3 Å². The summed E-state index contributed by atoms with van der Waals surface area (Å²) in [5.74, 6) is 0. The van der Waals surface area contributed by atoms with Gasteiger partial charge in [0.25, 0.3) is 0 Å². The van der Waals surface area contributed by atoms with E-state index in [-0.39, 0.29) is 0 Å². The van der Waals surface area contributed by atoms with Crippen LogP contribution in [-0.2, 0) is 4.52 Å². The van der Waals surface area contributed by atoms with Crippen LogP contribution in [0.25, 0.3) is 0 Å². The maximum absolute atomic E-state index is 5.88. The summed E-state index contributed by atoms with van der Waals surface area (Å²) in [6.45, 7) is 8.33. The maximum atomic E-state index is 5.88. The number of para-hydroxylation sites is 1. The summed E-state index contributed by atoms with van der Waals surface area (Å²) in [5.41, 5.74) is 1.28. The van der Waals surface area contributed by atoms with E-state index >= 15 is 0 Å². The molecule has 0 bridgehead atoms. The van der Waals surface area contributed by atoms with E-state index in [1.54, 1.807) is 0 Å². The Morgan fingerprint density at radius 1 is 1.25 bits per heavy atom. The van der Waals surface area contributed by atoms with E-state index in [0.717, 1.165) is 26.2 Å². The van der Waals surface area contributed by atoms with Gasteiger partial charge in [0, 0.05) is 25.3 Å². The van der Waals surface area contributed by atoms with E-state index in [1.165, 1.54) is 5.69 Å². The number of hydrogen-bond acceptors (Lipinski definition) is 3.